The lowest BCUT2D eigenvalue weighted by atomic mass is 9.86. The summed E-state index contributed by atoms with van der Waals surface area (Å²) in [4.78, 5) is 107. The zero-order valence-electron chi connectivity index (χ0n) is 83.0. The van der Waals surface area contributed by atoms with Gasteiger partial charge in [0.15, 0.2) is 25.2 Å². The molecule has 29 N–H and O–H groups in total. The highest BCUT2D eigenvalue weighted by Crippen LogP contribution is 2.46. The predicted octanol–water partition coefficient (Wildman–Crippen LogP) is -6.38. The Labute approximate surface area is 840 Å². The standard InChI is InChI=1S/C94H162N4O47/c1-7-9-11-13-15-17-19-21-23-25-27-29-31-33-53(110)52(98-64(116)34-32-30-28-26-24-22-20-18-16-14-12-10-8-2)46-132-86-74(123)73(122)78(62(44-104)135-86)138-88-76(125)84(145-94(91(130)131)38-56(113)67(97-50(6)109)82(143-94)72(121)61(43-103)140-92(89(126)127)36-54(111)65(95-48(4)107)80(141-92)68(117)57(114)39-99)79(63(45-105)136-88)139-85-51(35-47(3)106)77(70(119)59(41-101)133-85)137-87-75(124)83(71(120)60(42-102)134-87)144-93(90(128)129)37-55(112)66(96-49(5)108)81(142-93)69(118)58(115)40-100/h31,33,51-63,65-88,99-105,110-115,117-125H,7-30,32,34-46H2,1-6H3,(H,95,107)(H,96,108)(H,97,109)(H,98,116)(H,126,127)(H,128,129)(H,130,131). The number of ether oxygens (including phenoxy) is 14. The molecule has 145 heavy (non-hydrogen) atoms. The zero-order valence-corrected chi connectivity index (χ0v) is 83.0. The first kappa shape index (κ1) is 126. The molecule has 4 amide bonds. The van der Waals surface area contributed by atoms with Gasteiger partial charge in [-0.05, 0) is 26.2 Å². The van der Waals surface area contributed by atoms with E-state index in [9.17, 15) is 166 Å². The second-order valence-corrected chi connectivity index (χ2v) is 38.9. The van der Waals surface area contributed by atoms with Crippen molar-refractivity contribution < 1.29 is 232 Å². The van der Waals surface area contributed by atoms with Crippen LogP contribution in [0.3, 0.4) is 0 Å². The van der Waals surface area contributed by atoms with E-state index in [1.807, 2.05) is 0 Å². The van der Waals surface area contributed by atoms with Gasteiger partial charge in [-0.1, -0.05) is 167 Å². The summed E-state index contributed by atoms with van der Waals surface area (Å²) < 4.78 is 84.9. The number of aliphatic hydroxyl groups is 22. The molecule has 51 nitrogen and oxygen atoms in total. The van der Waals surface area contributed by atoms with E-state index in [0.29, 0.717) is 12.8 Å². The first-order valence-electron chi connectivity index (χ1n) is 50.6. The van der Waals surface area contributed by atoms with Gasteiger partial charge in [-0.15, -0.1) is 0 Å². The molecule has 0 radical (unpaired) electrons. The molecule has 0 saturated carbocycles. The van der Waals surface area contributed by atoms with E-state index in [0.717, 1.165) is 111 Å². The second kappa shape index (κ2) is 61.8. The maximum atomic E-state index is 14.6. The van der Waals surface area contributed by atoms with Crippen LogP contribution in [0.15, 0.2) is 12.2 Å². The quantitative estimate of drug-likeness (QED) is 0.0199. The largest absolute Gasteiger partial charge is 0.477 e. The van der Waals surface area contributed by atoms with E-state index in [2.05, 4.69) is 35.1 Å². The number of unbranched alkanes of at least 4 members (excludes halogenated alkanes) is 23. The van der Waals surface area contributed by atoms with Crippen LogP contribution in [-0.2, 0) is 105 Å². The van der Waals surface area contributed by atoms with Gasteiger partial charge in [-0.2, -0.15) is 0 Å². The fraction of sp³-hybridized carbons (Fsp3) is 0.894. The van der Waals surface area contributed by atoms with Crippen molar-refractivity contribution in [3.05, 3.63) is 12.2 Å². The lowest BCUT2D eigenvalue weighted by Gasteiger charge is -2.53. The van der Waals surface area contributed by atoms with Crippen LogP contribution in [0.2, 0.25) is 0 Å². The van der Waals surface area contributed by atoms with Crippen LogP contribution < -0.4 is 21.3 Å². The summed E-state index contributed by atoms with van der Waals surface area (Å²) >= 11 is 0. The average molecular weight is 2100 g/mol. The predicted molar refractivity (Wildman–Crippen MR) is 493 cm³/mol. The first-order chi connectivity index (χ1) is 68.9. The van der Waals surface area contributed by atoms with Gasteiger partial charge in [0.2, 0.25) is 23.6 Å². The molecule has 0 aromatic heterocycles. The lowest BCUT2D eigenvalue weighted by Crippen LogP contribution is -2.72. The van der Waals surface area contributed by atoms with Crippen LogP contribution in [0.25, 0.3) is 0 Å². The third-order valence-electron chi connectivity index (χ3n) is 27.4. The van der Waals surface area contributed by atoms with Crippen molar-refractivity contribution in [2.24, 2.45) is 5.92 Å². The minimum absolute atomic E-state index is 0.0484. The fourth-order valence-electron chi connectivity index (χ4n) is 19.4. The number of carboxylic acids is 3. The molecule has 0 bridgehead atoms. The molecular weight excluding hydrogens is 1940 g/mol. The number of carbonyl (C=O) groups is 8. The molecule has 7 fully saturated rings. The molecule has 7 aliphatic heterocycles. The Morgan fingerprint density at radius 1 is 0.393 bits per heavy atom. The summed E-state index contributed by atoms with van der Waals surface area (Å²) in [6.07, 6.45) is -50.9. The van der Waals surface area contributed by atoms with Crippen molar-refractivity contribution in [3.8, 4) is 0 Å². The summed E-state index contributed by atoms with van der Waals surface area (Å²) in [5, 5.41) is 296. The molecule has 0 spiro atoms. The molecule has 0 aromatic rings. The number of ketones is 1. The SMILES string of the molecule is CCCCCCCCCCCCCC=CC(O)C(COC1OC(CO)C(OC2OC(CO)C(OC3OC(CO)C(O)C(OC4OC(CO)C(O)C(OC5(C(=O)O)CC(O)C(NC(C)=O)C(C(O)C(O)CO)O5)C4O)C3CC(C)=O)C(OC3(C(=O)O)CC(O)C(NC(C)=O)C(C(O)C(CO)OC4(C(=O)O)CC(O)C(NC(C)=O)C(C(O)C(O)CO)O4)O3)C2O)C(O)C1O)NC(=O)CCCCCCCCCCCCCCC. The van der Waals surface area contributed by atoms with Crippen molar-refractivity contribution in [1.29, 1.82) is 0 Å². The van der Waals surface area contributed by atoms with Gasteiger partial charge in [-0.3, -0.25) is 19.2 Å². The van der Waals surface area contributed by atoms with E-state index in [1.54, 1.807) is 6.08 Å². The molecule has 7 rings (SSSR count). The Bertz CT molecular complexity index is 3880. The molecular formula is C94H162N4O47. The molecule has 0 aromatic carbocycles. The molecule has 7 saturated heterocycles. The highest BCUT2D eigenvalue weighted by molar-refractivity contribution is 5.79. The van der Waals surface area contributed by atoms with Crippen LogP contribution in [0.1, 0.15) is 234 Å². The summed E-state index contributed by atoms with van der Waals surface area (Å²) in [5.41, 5.74) is 0. The van der Waals surface area contributed by atoms with Crippen molar-refractivity contribution in [1.82, 2.24) is 21.3 Å². The van der Waals surface area contributed by atoms with E-state index in [4.69, 9.17) is 66.3 Å². The van der Waals surface area contributed by atoms with Gasteiger partial charge < -0.3 is 220 Å². The maximum Gasteiger partial charge on any atom is 0.364 e. The van der Waals surface area contributed by atoms with Crippen LogP contribution in [0, 0.1) is 5.92 Å². The molecule has 7 heterocycles. The van der Waals surface area contributed by atoms with Gasteiger partial charge >= 0.3 is 17.9 Å². The third kappa shape index (κ3) is 35.1. The highest BCUT2D eigenvalue weighted by atomic mass is 16.8. The van der Waals surface area contributed by atoms with E-state index in [1.165, 1.54) is 70.3 Å². The number of carboxylic acid groups (broad SMARTS) is 3. The number of allylic oxidation sites excluding steroid dienone is 1. The number of Topliss-reactive ketones (excluding diaryl/α,β-unsaturated/α-hetero) is 1. The van der Waals surface area contributed by atoms with Crippen LogP contribution in [0.4, 0.5) is 0 Å². The topological polar surface area (TPSA) is 820 Å². The van der Waals surface area contributed by atoms with Crippen molar-refractivity contribution in [3.63, 3.8) is 0 Å². The molecule has 51 heteroatoms. The highest BCUT2D eigenvalue weighted by Gasteiger charge is 2.66. The lowest BCUT2D eigenvalue weighted by molar-refractivity contribution is -0.409. The van der Waals surface area contributed by atoms with Crippen molar-refractivity contribution >= 4 is 47.3 Å². The number of aliphatic hydroxyl groups excluding tert-OH is 22. The Morgan fingerprint density at radius 2 is 0.759 bits per heavy atom. The molecule has 0 aliphatic carbocycles. The number of rotatable bonds is 65. The normalized spacial score (nSPS) is 35.8. The summed E-state index contributed by atoms with van der Waals surface area (Å²) in [7, 11) is 0. The number of hydrogen-bond donors (Lipinski definition) is 29. The van der Waals surface area contributed by atoms with E-state index in [-0.39, 0.29) is 6.42 Å². The van der Waals surface area contributed by atoms with Gasteiger partial charge in [0.05, 0.1) is 108 Å². The van der Waals surface area contributed by atoms with E-state index >= 15 is 0 Å². The minimum Gasteiger partial charge on any atom is -0.477 e. The summed E-state index contributed by atoms with van der Waals surface area (Å²) in [5.74, 6) is -23.8. The number of aliphatic carboxylic acids is 3. The Balaban J connectivity index is 1.27. The molecule has 840 valence electrons. The monoisotopic (exact) mass is 2100 g/mol. The first-order valence-corrected chi connectivity index (χ1v) is 50.6. The van der Waals surface area contributed by atoms with Crippen LogP contribution in [0.5, 0.6) is 0 Å². The van der Waals surface area contributed by atoms with Crippen molar-refractivity contribution in [2.45, 2.75) is 472 Å². The molecule has 7 aliphatic rings. The smallest absolute Gasteiger partial charge is 0.364 e. The number of nitrogens with one attached hydrogen (secondary N) is 4. The van der Waals surface area contributed by atoms with Crippen molar-refractivity contribution in [2.75, 3.05) is 52.9 Å². The summed E-state index contributed by atoms with van der Waals surface area (Å²) in [6.45, 7) is -2.09. The number of amides is 4. The van der Waals surface area contributed by atoms with Gasteiger partial charge in [-0.25, -0.2) is 14.4 Å². The van der Waals surface area contributed by atoms with E-state index < -0.39 is 369 Å². The second-order valence-electron chi connectivity index (χ2n) is 38.9. The molecule has 40 atom stereocenters. The van der Waals surface area contributed by atoms with Gasteiger partial charge in [0.25, 0.3) is 17.4 Å². The van der Waals surface area contributed by atoms with Gasteiger partial charge in [0.1, 0.15) is 146 Å². The van der Waals surface area contributed by atoms with Crippen LogP contribution in [-0.4, -0.2) is 465 Å². The summed E-state index contributed by atoms with van der Waals surface area (Å²) in [6, 6.07) is -7.08. The maximum absolute atomic E-state index is 14.6. The minimum atomic E-state index is -3.79. The Morgan fingerprint density at radius 3 is 1.18 bits per heavy atom. The number of hydrogen-bond acceptors (Lipinski definition) is 44. The Hall–Kier alpha value is -5.74. The third-order valence-corrected chi connectivity index (χ3v) is 27.4. The van der Waals surface area contributed by atoms with Crippen LogP contribution >= 0.6 is 0 Å². The zero-order chi connectivity index (χ0) is 107. The average Bonchev–Trinajstić information content (AvgIpc) is 0.764. The fourth-order valence-corrected chi connectivity index (χ4v) is 19.4. The Kier molecular flexibility index (Phi) is 53.8. The molecule has 40 unspecified atom stereocenters. The number of carbonyl (C=O) groups excluding carboxylic acids is 5. The van der Waals surface area contributed by atoms with Gasteiger partial charge in [0, 0.05) is 58.8 Å².